The first-order valence-corrected chi connectivity index (χ1v) is 16.0. The Morgan fingerprint density at radius 1 is 0.375 bits per heavy atom. The molecule has 0 unspecified atom stereocenters. The summed E-state index contributed by atoms with van der Waals surface area (Å²) in [5.41, 5.74) is 4.99. The van der Waals surface area contributed by atoms with E-state index < -0.39 is 0 Å². The van der Waals surface area contributed by atoms with Crippen molar-refractivity contribution < 1.29 is 43.7 Å². The molecule has 10 heteroatoms. The Morgan fingerprint density at radius 3 is 1.00 bits per heavy atom. The van der Waals surface area contributed by atoms with Crippen molar-refractivity contribution in [2.75, 3.05) is 84.2 Å². The van der Waals surface area contributed by atoms with Crippen LogP contribution in [0.3, 0.4) is 0 Å². The first-order valence-electron chi connectivity index (χ1n) is 16.0. The first kappa shape index (κ1) is 36.4. The monoisotopic (exact) mass is 659 g/mol. The van der Waals surface area contributed by atoms with Gasteiger partial charge in [-0.05, 0) is 83.9 Å². The lowest BCUT2D eigenvalue weighted by molar-refractivity contribution is 0.0705. The number of rotatable bonds is 23. The minimum atomic E-state index is -0.0114. The maximum atomic E-state index is 8.87. The molecular formula is C38H45NO9. The standard InChI is InChI=1S/C38H45NO9/c40-19-22-43-25-28-46-36-13-5-32(6-14-36)2-1-31-3-7-33(8-4-31)39(34-9-15-37(16-10-34)47-29-26-44-23-20-41)35-11-17-38(18-12-35)48-30-27-45-24-21-42/h1-18,40-42H,19-30H2. The molecule has 0 fully saturated rings. The van der Waals surface area contributed by atoms with Gasteiger partial charge in [-0.15, -0.1) is 0 Å². The van der Waals surface area contributed by atoms with Crippen molar-refractivity contribution in [3.05, 3.63) is 108 Å². The first-order chi connectivity index (χ1) is 23.7. The van der Waals surface area contributed by atoms with E-state index in [1.807, 2.05) is 72.8 Å². The van der Waals surface area contributed by atoms with Crippen LogP contribution >= 0.6 is 0 Å². The molecule has 0 spiro atoms. The van der Waals surface area contributed by atoms with Gasteiger partial charge < -0.3 is 48.6 Å². The second kappa shape index (κ2) is 21.5. The predicted octanol–water partition coefficient (Wildman–Crippen LogP) is 5.49. The molecule has 4 aromatic carbocycles. The summed E-state index contributed by atoms with van der Waals surface area (Å²) in [5, 5.41) is 26.5. The quantitative estimate of drug-likeness (QED) is 0.0697. The Bertz CT molecular complexity index is 1390. The molecule has 0 aliphatic carbocycles. The molecule has 0 saturated heterocycles. The second-order valence-corrected chi connectivity index (χ2v) is 10.4. The largest absolute Gasteiger partial charge is 0.491 e. The number of anilines is 3. The molecule has 10 nitrogen and oxygen atoms in total. The summed E-state index contributed by atoms with van der Waals surface area (Å²) in [4.78, 5) is 2.16. The van der Waals surface area contributed by atoms with Crippen LogP contribution in [0.1, 0.15) is 11.1 Å². The Balaban J connectivity index is 1.44. The van der Waals surface area contributed by atoms with E-state index in [-0.39, 0.29) is 19.8 Å². The van der Waals surface area contributed by atoms with E-state index >= 15 is 0 Å². The highest BCUT2D eigenvalue weighted by Gasteiger charge is 2.13. The van der Waals surface area contributed by atoms with Crippen LogP contribution in [-0.4, -0.2) is 94.6 Å². The zero-order valence-corrected chi connectivity index (χ0v) is 27.1. The Labute approximate surface area is 282 Å². The topological polar surface area (TPSA) is 119 Å². The van der Waals surface area contributed by atoms with Crippen molar-refractivity contribution in [1.82, 2.24) is 0 Å². The van der Waals surface area contributed by atoms with E-state index in [2.05, 4.69) is 41.3 Å². The van der Waals surface area contributed by atoms with Crippen molar-refractivity contribution in [3.63, 3.8) is 0 Å². The van der Waals surface area contributed by atoms with Gasteiger partial charge in [0, 0.05) is 17.1 Å². The smallest absolute Gasteiger partial charge is 0.119 e. The number of nitrogens with zero attached hydrogens (tertiary/aromatic N) is 1. The van der Waals surface area contributed by atoms with E-state index in [0.717, 1.165) is 45.4 Å². The SMILES string of the molecule is OCCOCCOc1ccc(C=Cc2ccc(N(c3ccc(OCCOCCO)cc3)c3ccc(OCCOCCO)cc3)cc2)cc1. The molecule has 0 radical (unpaired) electrons. The molecule has 256 valence electrons. The van der Waals surface area contributed by atoms with Crippen LogP contribution < -0.4 is 19.1 Å². The van der Waals surface area contributed by atoms with Gasteiger partial charge in [-0.3, -0.25) is 0 Å². The Hall–Kier alpha value is -4.42. The van der Waals surface area contributed by atoms with Gasteiger partial charge in [0.25, 0.3) is 0 Å². The number of ether oxygens (including phenoxy) is 6. The van der Waals surface area contributed by atoms with Gasteiger partial charge in [0.2, 0.25) is 0 Å². The molecule has 0 aliphatic heterocycles. The lowest BCUT2D eigenvalue weighted by Crippen LogP contribution is -2.11. The van der Waals surface area contributed by atoms with Gasteiger partial charge in [0.15, 0.2) is 0 Å². The van der Waals surface area contributed by atoms with E-state index in [1.54, 1.807) is 0 Å². The second-order valence-electron chi connectivity index (χ2n) is 10.4. The molecule has 0 bridgehead atoms. The Morgan fingerprint density at radius 2 is 0.667 bits per heavy atom. The van der Waals surface area contributed by atoms with Crippen LogP contribution in [-0.2, 0) is 14.2 Å². The van der Waals surface area contributed by atoms with Crippen LogP contribution in [0.4, 0.5) is 17.1 Å². The van der Waals surface area contributed by atoms with E-state index in [1.165, 1.54) is 0 Å². The van der Waals surface area contributed by atoms with Crippen molar-refractivity contribution in [3.8, 4) is 17.2 Å². The number of hydrogen-bond donors (Lipinski definition) is 3. The third kappa shape index (κ3) is 12.6. The van der Waals surface area contributed by atoms with E-state index in [9.17, 15) is 0 Å². The summed E-state index contributed by atoms with van der Waals surface area (Å²) < 4.78 is 33.1. The van der Waals surface area contributed by atoms with Crippen molar-refractivity contribution in [1.29, 1.82) is 0 Å². The summed E-state index contributed by atoms with van der Waals surface area (Å²) in [6.45, 7) is 3.33. The minimum absolute atomic E-state index is 0.00520. The van der Waals surface area contributed by atoms with Gasteiger partial charge in [0.1, 0.15) is 37.1 Å². The zero-order chi connectivity index (χ0) is 33.7. The van der Waals surface area contributed by atoms with Gasteiger partial charge in [-0.25, -0.2) is 0 Å². The molecule has 4 rings (SSSR count). The molecule has 0 aliphatic rings. The molecule has 0 amide bonds. The van der Waals surface area contributed by atoms with Crippen LogP contribution in [0, 0.1) is 0 Å². The molecule has 0 atom stereocenters. The fourth-order valence-electron chi connectivity index (χ4n) is 4.59. The van der Waals surface area contributed by atoms with Crippen molar-refractivity contribution in [2.45, 2.75) is 0 Å². The van der Waals surface area contributed by atoms with Crippen molar-refractivity contribution >= 4 is 29.2 Å². The zero-order valence-electron chi connectivity index (χ0n) is 27.1. The highest BCUT2D eigenvalue weighted by molar-refractivity contribution is 5.78. The van der Waals surface area contributed by atoms with Gasteiger partial charge in [-0.1, -0.05) is 36.4 Å². The fraction of sp³-hybridized carbons (Fsp3) is 0.316. The summed E-state index contributed by atoms with van der Waals surface area (Å²) in [6.07, 6.45) is 4.13. The number of aliphatic hydroxyl groups excluding tert-OH is 3. The molecule has 3 N–H and O–H groups in total. The minimum Gasteiger partial charge on any atom is -0.491 e. The summed E-state index contributed by atoms with van der Waals surface area (Å²) in [6, 6.07) is 31.9. The van der Waals surface area contributed by atoms with Gasteiger partial charge in [-0.2, -0.15) is 0 Å². The molecule has 4 aromatic rings. The number of benzene rings is 4. The van der Waals surface area contributed by atoms with Crippen molar-refractivity contribution in [2.24, 2.45) is 0 Å². The van der Waals surface area contributed by atoms with Crippen LogP contribution in [0.25, 0.3) is 12.2 Å². The van der Waals surface area contributed by atoms with Gasteiger partial charge >= 0.3 is 0 Å². The predicted molar refractivity (Wildman–Crippen MR) is 187 cm³/mol. The maximum absolute atomic E-state index is 8.87. The van der Waals surface area contributed by atoms with Crippen LogP contribution in [0.2, 0.25) is 0 Å². The summed E-state index contributed by atoms with van der Waals surface area (Å²) in [5.74, 6) is 2.22. The Kier molecular flexibility index (Phi) is 16.3. The van der Waals surface area contributed by atoms with E-state index in [0.29, 0.717) is 59.5 Å². The normalized spacial score (nSPS) is 11.1. The molecule has 0 aromatic heterocycles. The van der Waals surface area contributed by atoms with E-state index in [4.69, 9.17) is 43.7 Å². The highest BCUT2D eigenvalue weighted by atomic mass is 16.5. The van der Waals surface area contributed by atoms with Crippen LogP contribution in [0.5, 0.6) is 17.2 Å². The number of hydrogen-bond acceptors (Lipinski definition) is 10. The summed E-state index contributed by atoms with van der Waals surface area (Å²) >= 11 is 0. The highest BCUT2D eigenvalue weighted by Crippen LogP contribution is 2.36. The number of aliphatic hydroxyl groups is 3. The average Bonchev–Trinajstić information content (AvgIpc) is 3.13. The molecular weight excluding hydrogens is 614 g/mol. The average molecular weight is 660 g/mol. The maximum Gasteiger partial charge on any atom is 0.119 e. The van der Waals surface area contributed by atoms with Crippen LogP contribution in [0.15, 0.2) is 97.1 Å². The third-order valence-electron chi connectivity index (χ3n) is 6.89. The summed E-state index contributed by atoms with van der Waals surface area (Å²) in [7, 11) is 0. The third-order valence-corrected chi connectivity index (χ3v) is 6.89. The molecule has 0 heterocycles. The molecule has 0 saturated carbocycles. The molecule has 48 heavy (non-hydrogen) atoms. The lowest BCUT2D eigenvalue weighted by atomic mass is 10.1. The lowest BCUT2D eigenvalue weighted by Gasteiger charge is -2.26. The fourth-order valence-corrected chi connectivity index (χ4v) is 4.59. The van der Waals surface area contributed by atoms with Gasteiger partial charge in [0.05, 0.1) is 59.5 Å².